The average molecular weight is 279 g/mol. The number of aryl methyl sites for hydroxylation is 1. The molecule has 1 atom stereocenters. The van der Waals surface area contributed by atoms with E-state index in [-0.39, 0.29) is 0 Å². The number of nitrogens with one attached hydrogen (secondary N) is 1. The first kappa shape index (κ1) is 17.0. The quantitative estimate of drug-likeness (QED) is 0.692. The van der Waals surface area contributed by atoms with Crippen LogP contribution in [0.15, 0.2) is 24.3 Å². The molecule has 114 valence electrons. The second-order valence-corrected chi connectivity index (χ2v) is 5.76. The minimum absolute atomic E-state index is 0.333. The molecular formula is C17H29NO2. The van der Waals surface area contributed by atoms with Crippen LogP contribution >= 0.6 is 0 Å². The van der Waals surface area contributed by atoms with E-state index in [9.17, 15) is 5.11 Å². The maximum absolute atomic E-state index is 9.81. The molecule has 1 aromatic carbocycles. The van der Waals surface area contributed by atoms with E-state index in [1.54, 1.807) is 0 Å². The standard InChI is InChI=1S/C17H29NO2/c1-4-5-6-15-7-9-17(10-8-15)20-13-16(19)12-18-11-14(2)3/h7-10,14,16,18-19H,4-6,11-13H2,1-3H3. The molecule has 2 N–H and O–H groups in total. The van der Waals surface area contributed by atoms with E-state index in [1.165, 1.54) is 18.4 Å². The Morgan fingerprint density at radius 1 is 1.15 bits per heavy atom. The number of hydrogen-bond donors (Lipinski definition) is 2. The normalized spacial score (nSPS) is 12.7. The van der Waals surface area contributed by atoms with Crippen LogP contribution < -0.4 is 10.1 Å². The van der Waals surface area contributed by atoms with E-state index in [1.807, 2.05) is 12.1 Å². The van der Waals surface area contributed by atoms with Crippen molar-refractivity contribution in [2.45, 2.75) is 46.1 Å². The molecule has 0 fully saturated rings. The monoisotopic (exact) mass is 279 g/mol. The highest BCUT2D eigenvalue weighted by Gasteiger charge is 2.05. The molecule has 0 aromatic heterocycles. The molecule has 0 saturated heterocycles. The molecule has 0 aliphatic carbocycles. The molecule has 0 heterocycles. The number of rotatable bonds is 10. The summed E-state index contributed by atoms with van der Waals surface area (Å²) < 4.78 is 5.59. The highest BCUT2D eigenvalue weighted by molar-refractivity contribution is 5.27. The SMILES string of the molecule is CCCCc1ccc(OCC(O)CNCC(C)C)cc1. The van der Waals surface area contributed by atoms with E-state index in [2.05, 4.69) is 38.2 Å². The zero-order valence-electron chi connectivity index (χ0n) is 13.1. The van der Waals surface area contributed by atoms with Gasteiger partial charge in [0.05, 0.1) is 0 Å². The van der Waals surface area contributed by atoms with Crippen LogP contribution in [-0.2, 0) is 6.42 Å². The maximum Gasteiger partial charge on any atom is 0.119 e. The Bertz CT molecular complexity index is 349. The van der Waals surface area contributed by atoms with Crippen LogP contribution in [0.4, 0.5) is 0 Å². The first-order valence-corrected chi connectivity index (χ1v) is 7.72. The minimum atomic E-state index is -0.464. The second-order valence-electron chi connectivity index (χ2n) is 5.76. The lowest BCUT2D eigenvalue weighted by molar-refractivity contribution is 0.106. The van der Waals surface area contributed by atoms with E-state index < -0.39 is 6.10 Å². The minimum Gasteiger partial charge on any atom is -0.491 e. The van der Waals surface area contributed by atoms with Gasteiger partial charge in [-0.1, -0.05) is 39.3 Å². The molecule has 0 bridgehead atoms. The van der Waals surface area contributed by atoms with Gasteiger partial charge in [0.1, 0.15) is 18.5 Å². The number of aliphatic hydroxyl groups is 1. The number of benzene rings is 1. The number of ether oxygens (including phenoxy) is 1. The van der Waals surface area contributed by atoms with E-state index >= 15 is 0 Å². The Balaban J connectivity index is 2.23. The molecular weight excluding hydrogens is 250 g/mol. The van der Waals surface area contributed by atoms with Crippen LogP contribution in [0.25, 0.3) is 0 Å². The molecule has 0 aliphatic rings. The van der Waals surface area contributed by atoms with Gasteiger partial charge < -0.3 is 15.2 Å². The summed E-state index contributed by atoms with van der Waals surface area (Å²) in [4.78, 5) is 0. The van der Waals surface area contributed by atoms with Gasteiger partial charge in [0.25, 0.3) is 0 Å². The number of hydrogen-bond acceptors (Lipinski definition) is 3. The van der Waals surface area contributed by atoms with Crippen LogP contribution in [0.5, 0.6) is 5.75 Å². The van der Waals surface area contributed by atoms with Crippen molar-refractivity contribution < 1.29 is 9.84 Å². The van der Waals surface area contributed by atoms with E-state index in [4.69, 9.17) is 4.74 Å². The molecule has 1 aromatic rings. The Morgan fingerprint density at radius 2 is 1.85 bits per heavy atom. The molecule has 1 unspecified atom stereocenters. The Morgan fingerprint density at radius 3 is 2.45 bits per heavy atom. The lowest BCUT2D eigenvalue weighted by Gasteiger charge is -2.14. The summed E-state index contributed by atoms with van der Waals surface area (Å²) in [5.41, 5.74) is 1.35. The van der Waals surface area contributed by atoms with Gasteiger partial charge in [0.15, 0.2) is 0 Å². The van der Waals surface area contributed by atoms with Crippen molar-refractivity contribution in [2.24, 2.45) is 5.92 Å². The first-order valence-electron chi connectivity index (χ1n) is 7.72. The molecule has 0 radical (unpaired) electrons. The number of unbranched alkanes of at least 4 members (excludes halogenated alkanes) is 1. The predicted molar refractivity (Wildman–Crippen MR) is 84.3 cm³/mol. The molecule has 1 rings (SSSR count). The zero-order valence-corrected chi connectivity index (χ0v) is 13.1. The summed E-state index contributed by atoms with van der Waals surface area (Å²) in [5.74, 6) is 1.42. The fourth-order valence-corrected chi connectivity index (χ4v) is 1.92. The highest BCUT2D eigenvalue weighted by Crippen LogP contribution is 2.14. The smallest absolute Gasteiger partial charge is 0.119 e. The van der Waals surface area contributed by atoms with E-state index in [0.29, 0.717) is 19.1 Å². The summed E-state index contributed by atoms with van der Waals surface area (Å²) in [7, 11) is 0. The molecule has 0 amide bonds. The summed E-state index contributed by atoms with van der Waals surface area (Å²) in [6, 6.07) is 8.18. The van der Waals surface area contributed by atoms with Crippen molar-refractivity contribution in [1.29, 1.82) is 0 Å². The van der Waals surface area contributed by atoms with Gasteiger partial charge in [-0.05, 0) is 43.0 Å². The third-order valence-corrected chi connectivity index (χ3v) is 3.12. The predicted octanol–water partition coefficient (Wildman–Crippen LogP) is 3.01. The summed E-state index contributed by atoms with van der Waals surface area (Å²) in [5, 5.41) is 13.0. The van der Waals surface area contributed by atoms with Crippen molar-refractivity contribution in [3.63, 3.8) is 0 Å². The van der Waals surface area contributed by atoms with Crippen molar-refractivity contribution in [2.75, 3.05) is 19.7 Å². The summed E-state index contributed by atoms with van der Waals surface area (Å²) >= 11 is 0. The molecule has 20 heavy (non-hydrogen) atoms. The largest absolute Gasteiger partial charge is 0.491 e. The van der Waals surface area contributed by atoms with Crippen LogP contribution in [-0.4, -0.2) is 30.9 Å². The van der Waals surface area contributed by atoms with Gasteiger partial charge in [-0.25, -0.2) is 0 Å². The second kappa shape index (κ2) is 9.78. The Labute approximate surface area is 123 Å². The molecule has 0 spiro atoms. The van der Waals surface area contributed by atoms with Crippen molar-refractivity contribution >= 4 is 0 Å². The van der Waals surface area contributed by atoms with Gasteiger partial charge in [-0.3, -0.25) is 0 Å². The lowest BCUT2D eigenvalue weighted by atomic mass is 10.1. The fourth-order valence-electron chi connectivity index (χ4n) is 1.92. The number of aliphatic hydroxyl groups excluding tert-OH is 1. The maximum atomic E-state index is 9.81. The molecule has 0 aliphatic heterocycles. The van der Waals surface area contributed by atoms with Gasteiger partial charge in [0.2, 0.25) is 0 Å². The van der Waals surface area contributed by atoms with Crippen molar-refractivity contribution in [1.82, 2.24) is 5.32 Å². The van der Waals surface area contributed by atoms with Gasteiger partial charge >= 0.3 is 0 Å². The van der Waals surface area contributed by atoms with E-state index in [0.717, 1.165) is 18.7 Å². The summed E-state index contributed by atoms with van der Waals surface area (Å²) in [6.07, 6.45) is 3.10. The summed E-state index contributed by atoms with van der Waals surface area (Å²) in [6.45, 7) is 8.33. The zero-order chi connectivity index (χ0) is 14.8. The van der Waals surface area contributed by atoms with Crippen LogP contribution in [0.3, 0.4) is 0 Å². The molecule has 3 nitrogen and oxygen atoms in total. The molecule has 3 heteroatoms. The Kier molecular flexibility index (Phi) is 8.31. The van der Waals surface area contributed by atoms with Crippen molar-refractivity contribution in [3.8, 4) is 5.75 Å². The van der Waals surface area contributed by atoms with Gasteiger partial charge in [-0.15, -0.1) is 0 Å². The van der Waals surface area contributed by atoms with Crippen LogP contribution in [0.2, 0.25) is 0 Å². The highest BCUT2D eigenvalue weighted by atomic mass is 16.5. The first-order chi connectivity index (χ1) is 9.61. The fraction of sp³-hybridized carbons (Fsp3) is 0.647. The topological polar surface area (TPSA) is 41.5 Å². The van der Waals surface area contributed by atoms with Crippen molar-refractivity contribution in [3.05, 3.63) is 29.8 Å². The average Bonchev–Trinajstić information content (AvgIpc) is 2.43. The third-order valence-electron chi connectivity index (χ3n) is 3.12. The third kappa shape index (κ3) is 7.51. The lowest BCUT2D eigenvalue weighted by Crippen LogP contribution is -2.33. The Hall–Kier alpha value is -1.06. The van der Waals surface area contributed by atoms with Gasteiger partial charge in [-0.2, -0.15) is 0 Å². The van der Waals surface area contributed by atoms with Crippen LogP contribution in [0.1, 0.15) is 39.2 Å². The van der Waals surface area contributed by atoms with Crippen LogP contribution in [0, 0.1) is 5.92 Å². The van der Waals surface area contributed by atoms with Gasteiger partial charge in [0, 0.05) is 6.54 Å². The molecule has 0 saturated carbocycles.